The molecular formula is C15H20O3. The van der Waals surface area contributed by atoms with Crippen molar-refractivity contribution in [1.82, 2.24) is 0 Å². The molecule has 18 heavy (non-hydrogen) atoms. The quantitative estimate of drug-likeness (QED) is 0.618. The van der Waals surface area contributed by atoms with Gasteiger partial charge in [-0.25, -0.2) is 4.79 Å². The molecule has 0 aromatic heterocycles. The number of aromatic hydroxyl groups is 1. The number of phenols is 1. The minimum Gasteiger partial charge on any atom is -0.508 e. The van der Waals surface area contributed by atoms with E-state index in [4.69, 9.17) is 4.74 Å². The molecule has 1 rings (SSSR count). The first kappa shape index (κ1) is 14.3. The summed E-state index contributed by atoms with van der Waals surface area (Å²) in [6, 6.07) is 6.76. The van der Waals surface area contributed by atoms with Crippen molar-refractivity contribution < 1.29 is 14.6 Å². The van der Waals surface area contributed by atoms with Crippen LogP contribution in [-0.4, -0.2) is 17.7 Å². The minimum atomic E-state index is -0.244. The number of rotatable bonds is 6. The fourth-order valence-electron chi connectivity index (χ4n) is 1.56. The summed E-state index contributed by atoms with van der Waals surface area (Å²) in [4.78, 5) is 11.8. The lowest BCUT2D eigenvalue weighted by Crippen LogP contribution is -2.08. The maximum Gasteiger partial charge on any atom is 0.334 e. The number of phenolic OH excluding ortho intramolecular Hbond substituents is 1. The van der Waals surface area contributed by atoms with E-state index in [9.17, 15) is 9.90 Å². The number of hydrogen-bond acceptors (Lipinski definition) is 3. The number of esters is 1. The Hall–Kier alpha value is -1.77. The number of benzene rings is 1. The Labute approximate surface area is 108 Å². The highest BCUT2D eigenvalue weighted by Gasteiger charge is 2.09. The van der Waals surface area contributed by atoms with Gasteiger partial charge in [-0.3, -0.25) is 0 Å². The smallest absolute Gasteiger partial charge is 0.334 e. The third kappa shape index (κ3) is 4.62. The maximum atomic E-state index is 11.8. The zero-order valence-corrected chi connectivity index (χ0v) is 11.0. The van der Waals surface area contributed by atoms with Crippen molar-refractivity contribution in [1.29, 1.82) is 0 Å². The molecule has 0 spiro atoms. The van der Waals surface area contributed by atoms with Crippen molar-refractivity contribution in [3.8, 4) is 5.75 Å². The maximum absolute atomic E-state index is 11.8. The van der Waals surface area contributed by atoms with Crippen molar-refractivity contribution in [2.24, 2.45) is 0 Å². The Morgan fingerprint density at radius 3 is 2.44 bits per heavy atom. The van der Waals surface area contributed by atoms with Gasteiger partial charge in [-0.2, -0.15) is 0 Å². The molecule has 0 atom stereocenters. The first-order valence-corrected chi connectivity index (χ1v) is 6.34. The summed E-state index contributed by atoms with van der Waals surface area (Å²) in [6.45, 7) is 4.45. The van der Waals surface area contributed by atoms with Crippen LogP contribution in [-0.2, 0) is 9.53 Å². The SMILES string of the molecule is CCCOC(=O)C(=Cc1ccc(O)cc1)CCC. The van der Waals surface area contributed by atoms with E-state index < -0.39 is 0 Å². The molecule has 0 aliphatic rings. The van der Waals surface area contributed by atoms with Crippen LogP contribution in [0.1, 0.15) is 38.7 Å². The summed E-state index contributed by atoms with van der Waals surface area (Å²) < 4.78 is 5.15. The zero-order valence-electron chi connectivity index (χ0n) is 11.0. The summed E-state index contributed by atoms with van der Waals surface area (Å²) in [7, 11) is 0. The standard InChI is InChI=1S/C15H20O3/c1-3-5-13(15(17)18-10-4-2)11-12-6-8-14(16)9-7-12/h6-9,11,16H,3-5,10H2,1-2H3. The Morgan fingerprint density at radius 1 is 1.22 bits per heavy atom. The Kier molecular flexibility index (Phi) is 5.98. The third-order valence-electron chi connectivity index (χ3n) is 2.45. The van der Waals surface area contributed by atoms with Crippen molar-refractivity contribution in [2.45, 2.75) is 33.1 Å². The fraction of sp³-hybridized carbons (Fsp3) is 0.400. The second-order valence-electron chi connectivity index (χ2n) is 4.15. The summed E-state index contributed by atoms with van der Waals surface area (Å²) in [5.41, 5.74) is 1.57. The largest absolute Gasteiger partial charge is 0.508 e. The second kappa shape index (κ2) is 7.54. The van der Waals surface area contributed by atoms with Crippen LogP contribution in [0.25, 0.3) is 6.08 Å². The molecule has 0 radical (unpaired) electrons. The number of hydrogen-bond donors (Lipinski definition) is 1. The summed E-state index contributed by atoms with van der Waals surface area (Å²) in [5.74, 6) is -0.0236. The predicted octanol–water partition coefficient (Wildman–Crippen LogP) is 3.53. The van der Waals surface area contributed by atoms with Crippen LogP contribution in [0, 0.1) is 0 Å². The monoisotopic (exact) mass is 248 g/mol. The van der Waals surface area contributed by atoms with E-state index in [-0.39, 0.29) is 11.7 Å². The van der Waals surface area contributed by atoms with Crippen LogP contribution >= 0.6 is 0 Å². The number of ether oxygens (including phenoxy) is 1. The van der Waals surface area contributed by atoms with Gasteiger partial charge in [0.2, 0.25) is 0 Å². The lowest BCUT2D eigenvalue weighted by Gasteiger charge is -2.07. The van der Waals surface area contributed by atoms with Gasteiger partial charge in [-0.05, 0) is 36.6 Å². The summed E-state index contributed by atoms with van der Waals surface area (Å²) in [6.07, 6.45) is 4.24. The highest BCUT2D eigenvalue weighted by atomic mass is 16.5. The van der Waals surface area contributed by atoms with Crippen LogP contribution in [0.4, 0.5) is 0 Å². The molecule has 1 aromatic carbocycles. The fourth-order valence-corrected chi connectivity index (χ4v) is 1.56. The molecule has 0 fully saturated rings. The van der Waals surface area contributed by atoms with Crippen molar-refractivity contribution in [3.05, 3.63) is 35.4 Å². The Balaban J connectivity index is 2.82. The van der Waals surface area contributed by atoms with Crippen molar-refractivity contribution in [2.75, 3.05) is 6.61 Å². The average Bonchev–Trinajstić information content (AvgIpc) is 2.38. The lowest BCUT2D eigenvalue weighted by molar-refractivity contribution is -0.139. The van der Waals surface area contributed by atoms with Gasteiger partial charge >= 0.3 is 5.97 Å². The van der Waals surface area contributed by atoms with Gasteiger partial charge in [0.15, 0.2) is 0 Å². The van der Waals surface area contributed by atoms with Crippen molar-refractivity contribution >= 4 is 12.0 Å². The van der Waals surface area contributed by atoms with E-state index in [1.165, 1.54) is 0 Å². The molecule has 0 aliphatic heterocycles. The molecule has 1 N–H and O–H groups in total. The Morgan fingerprint density at radius 2 is 1.89 bits per heavy atom. The molecule has 1 aromatic rings. The molecule has 0 saturated carbocycles. The van der Waals surface area contributed by atoms with E-state index >= 15 is 0 Å². The van der Waals surface area contributed by atoms with Gasteiger partial charge < -0.3 is 9.84 Å². The van der Waals surface area contributed by atoms with E-state index in [2.05, 4.69) is 0 Å². The van der Waals surface area contributed by atoms with E-state index in [1.807, 2.05) is 19.9 Å². The molecule has 0 amide bonds. The molecular weight excluding hydrogens is 228 g/mol. The average molecular weight is 248 g/mol. The van der Waals surface area contributed by atoms with Gasteiger partial charge in [0, 0.05) is 5.57 Å². The topological polar surface area (TPSA) is 46.5 Å². The summed E-state index contributed by atoms with van der Waals surface area (Å²) in [5, 5.41) is 9.21. The van der Waals surface area contributed by atoms with Crippen LogP contribution < -0.4 is 0 Å². The van der Waals surface area contributed by atoms with Gasteiger partial charge in [0.05, 0.1) is 6.61 Å². The molecule has 3 heteroatoms. The molecule has 0 bridgehead atoms. The van der Waals surface area contributed by atoms with Gasteiger partial charge in [0.25, 0.3) is 0 Å². The lowest BCUT2D eigenvalue weighted by atomic mass is 10.1. The van der Waals surface area contributed by atoms with E-state index in [1.54, 1.807) is 24.3 Å². The number of carbonyl (C=O) groups is 1. The zero-order chi connectivity index (χ0) is 13.4. The van der Waals surface area contributed by atoms with E-state index in [0.29, 0.717) is 18.6 Å². The van der Waals surface area contributed by atoms with Gasteiger partial charge in [0.1, 0.15) is 5.75 Å². The van der Waals surface area contributed by atoms with Crippen molar-refractivity contribution in [3.63, 3.8) is 0 Å². The van der Waals surface area contributed by atoms with Crippen LogP contribution in [0.15, 0.2) is 29.8 Å². The second-order valence-corrected chi connectivity index (χ2v) is 4.15. The van der Waals surface area contributed by atoms with Crippen LogP contribution in [0.2, 0.25) is 0 Å². The molecule has 98 valence electrons. The molecule has 0 aliphatic carbocycles. The Bertz CT molecular complexity index is 404. The highest BCUT2D eigenvalue weighted by Crippen LogP contribution is 2.16. The van der Waals surface area contributed by atoms with Crippen LogP contribution in [0.3, 0.4) is 0 Å². The number of carbonyl (C=O) groups excluding carboxylic acids is 1. The third-order valence-corrected chi connectivity index (χ3v) is 2.45. The minimum absolute atomic E-state index is 0.220. The van der Waals surface area contributed by atoms with Crippen LogP contribution in [0.5, 0.6) is 5.75 Å². The first-order valence-electron chi connectivity index (χ1n) is 6.34. The first-order chi connectivity index (χ1) is 8.67. The van der Waals surface area contributed by atoms with Gasteiger partial charge in [-0.15, -0.1) is 0 Å². The predicted molar refractivity (Wildman–Crippen MR) is 72.2 cm³/mol. The molecule has 0 saturated heterocycles. The van der Waals surface area contributed by atoms with Gasteiger partial charge in [-0.1, -0.05) is 32.4 Å². The molecule has 0 heterocycles. The normalized spacial score (nSPS) is 11.3. The highest BCUT2D eigenvalue weighted by molar-refractivity contribution is 5.93. The molecule has 0 unspecified atom stereocenters. The summed E-state index contributed by atoms with van der Waals surface area (Å²) >= 11 is 0. The molecule has 3 nitrogen and oxygen atoms in total. The van der Waals surface area contributed by atoms with E-state index in [0.717, 1.165) is 18.4 Å².